The van der Waals surface area contributed by atoms with E-state index in [0.717, 1.165) is 41.8 Å². The van der Waals surface area contributed by atoms with Crippen LogP contribution in [0.4, 0.5) is 0 Å². The first-order valence-corrected chi connectivity index (χ1v) is 10.9. The number of piperidine rings is 1. The highest BCUT2D eigenvalue weighted by molar-refractivity contribution is 5.73. The Morgan fingerprint density at radius 1 is 1.00 bits per heavy atom. The van der Waals surface area contributed by atoms with Crippen LogP contribution in [0.25, 0.3) is 0 Å². The van der Waals surface area contributed by atoms with Crippen molar-refractivity contribution in [2.45, 2.75) is 44.9 Å². The second-order valence-electron chi connectivity index (χ2n) is 8.19. The first kappa shape index (κ1) is 21.1. The van der Waals surface area contributed by atoms with E-state index in [1.165, 1.54) is 5.56 Å². The van der Waals surface area contributed by atoms with Crippen LogP contribution in [0.3, 0.4) is 0 Å². The molecule has 0 amide bonds. The molecule has 2 atom stereocenters. The summed E-state index contributed by atoms with van der Waals surface area (Å²) in [7, 11) is 0. The molecule has 0 radical (unpaired) electrons. The monoisotopic (exact) mass is 415 g/mol. The Labute approximate surface area is 184 Å². The van der Waals surface area contributed by atoms with Crippen molar-refractivity contribution in [3.8, 4) is 5.75 Å². The summed E-state index contributed by atoms with van der Waals surface area (Å²) in [6.45, 7) is 3.40. The fourth-order valence-electron chi connectivity index (χ4n) is 4.46. The van der Waals surface area contributed by atoms with Gasteiger partial charge in [-0.1, -0.05) is 73.2 Å². The van der Waals surface area contributed by atoms with Gasteiger partial charge in [0.25, 0.3) is 0 Å². The van der Waals surface area contributed by atoms with Crippen molar-refractivity contribution in [1.82, 2.24) is 4.90 Å². The zero-order valence-corrected chi connectivity index (χ0v) is 17.9. The first-order chi connectivity index (χ1) is 15.1. The Hall–Kier alpha value is -3.11. The van der Waals surface area contributed by atoms with Gasteiger partial charge in [-0.25, -0.2) is 0 Å². The molecule has 1 saturated heterocycles. The fourth-order valence-corrected chi connectivity index (χ4v) is 4.46. The molecule has 1 fully saturated rings. The van der Waals surface area contributed by atoms with Crippen molar-refractivity contribution >= 4 is 5.97 Å². The van der Waals surface area contributed by atoms with Crippen molar-refractivity contribution in [2.24, 2.45) is 0 Å². The van der Waals surface area contributed by atoms with Crippen LogP contribution in [0.15, 0.2) is 78.9 Å². The van der Waals surface area contributed by atoms with Crippen molar-refractivity contribution in [3.05, 3.63) is 101 Å². The summed E-state index contributed by atoms with van der Waals surface area (Å²) in [5, 5.41) is 9.88. The first-order valence-electron chi connectivity index (χ1n) is 10.9. The second-order valence-corrected chi connectivity index (χ2v) is 8.19. The maximum Gasteiger partial charge on any atom is 0.320 e. The summed E-state index contributed by atoms with van der Waals surface area (Å²) >= 11 is 0. The molecule has 160 valence electrons. The second kappa shape index (κ2) is 9.80. The summed E-state index contributed by atoms with van der Waals surface area (Å²) in [6.07, 6.45) is 2.67. The van der Waals surface area contributed by atoms with E-state index < -0.39 is 12.0 Å². The molecule has 2 unspecified atom stereocenters. The largest absolute Gasteiger partial charge is 0.489 e. The number of carbonyl (C=O) groups is 1. The predicted molar refractivity (Wildman–Crippen MR) is 122 cm³/mol. The average Bonchev–Trinajstić information content (AvgIpc) is 2.81. The molecule has 1 heterocycles. The van der Waals surface area contributed by atoms with Crippen molar-refractivity contribution in [1.29, 1.82) is 0 Å². The number of nitrogens with zero attached hydrogens (tertiary/aromatic N) is 1. The van der Waals surface area contributed by atoms with Crippen LogP contribution < -0.4 is 4.74 Å². The van der Waals surface area contributed by atoms with Gasteiger partial charge in [-0.3, -0.25) is 9.69 Å². The van der Waals surface area contributed by atoms with Crippen molar-refractivity contribution < 1.29 is 14.6 Å². The Morgan fingerprint density at radius 2 is 1.71 bits per heavy atom. The number of aryl methyl sites for hydroxylation is 1. The lowest BCUT2D eigenvalue weighted by atomic mass is 9.89. The Kier molecular flexibility index (Phi) is 6.68. The smallest absolute Gasteiger partial charge is 0.320 e. The van der Waals surface area contributed by atoms with E-state index in [0.29, 0.717) is 13.0 Å². The quantitative estimate of drug-likeness (QED) is 0.545. The molecule has 31 heavy (non-hydrogen) atoms. The van der Waals surface area contributed by atoms with Gasteiger partial charge in [0.15, 0.2) is 0 Å². The lowest BCUT2D eigenvalue weighted by molar-refractivity contribution is -0.145. The number of carboxylic acid groups (broad SMARTS) is 1. The molecule has 0 bridgehead atoms. The molecule has 1 N–H and O–H groups in total. The van der Waals surface area contributed by atoms with Crippen LogP contribution in [0.5, 0.6) is 5.75 Å². The highest BCUT2D eigenvalue weighted by atomic mass is 16.5. The number of ether oxygens (including phenoxy) is 1. The van der Waals surface area contributed by atoms with Crippen LogP contribution in [-0.2, 0) is 11.4 Å². The predicted octanol–water partition coefficient (Wildman–Crippen LogP) is 5.60. The van der Waals surface area contributed by atoms with Gasteiger partial charge < -0.3 is 9.84 Å². The van der Waals surface area contributed by atoms with E-state index in [4.69, 9.17) is 4.74 Å². The topological polar surface area (TPSA) is 49.8 Å². The van der Waals surface area contributed by atoms with Crippen molar-refractivity contribution in [3.63, 3.8) is 0 Å². The van der Waals surface area contributed by atoms with Crippen molar-refractivity contribution in [2.75, 3.05) is 6.54 Å². The standard InChI is InChI=1S/C27H29NO3/c1-20-9-5-6-12-24(20)26(28-18-8-7-13-25(28)27(29)30)22-14-16-23(17-15-22)31-19-21-10-3-2-4-11-21/h2-6,9-12,14-17,25-26H,7-8,13,18-19H2,1H3,(H,29,30). The fraction of sp³-hybridized carbons (Fsp3) is 0.296. The minimum Gasteiger partial charge on any atom is -0.489 e. The molecular formula is C27H29NO3. The Bertz CT molecular complexity index is 1000. The summed E-state index contributed by atoms with van der Waals surface area (Å²) in [5.74, 6) is 0.0747. The third-order valence-corrected chi connectivity index (χ3v) is 6.09. The van der Waals surface area contributed by atoms with Crippen LogP contribution in [-0.4, -0.2) is 28.6 Å². The highest BCUT2D eigenvalue weighted by Crippen LogP contribution is 2.36. The van der Waals surface area contributed by atoms with Crippen LogP contribution in [0.1, 0.15) is 47.6 Å². The highest BCUT2D eigenvalue weighted by Gasteiger charge is 2.35. The molecular weight excluding hydrogens is 386 g/mol. The van der Waals surface area contributed by atoms with Gasteiger partial charge in [0.1, 0.15) is 18.4 Å². The van der Waals surface area contributed by atoms with Gasteiger partial charge in [0.05, 0.1) is 6.04 Å². The third-order valence-electron chi connectivity index (χ3n) is 6.09. The molecule has 1 aliphatic rings. The maximum absolute atomic E-state index is 12.0. The van der Waals surface area contributed by atoms with E-state index in [1.54, 1.807) is 0 Å². The number of hydrogen-bond acceptors (Lipinski definition) is 3. The van der Waals surface area contributed by atoms with Gasteiger partial charge in [-0.05, 0) is 60.7 Å². The Balaban J connectivity index is 1.62. The van der Waals surface area contributed by atoms with Crippen LogP contribution in [0.2, 0.25) is 0 Å². The normalized spacial score (nSPS) is 17.8. The summed E-state index contributed by atoms with van der Waals surface area (Å²) in [6, 6.07) is 25.9. The summed E-state index contributed by atoms with van der Waals surface area (Å²) < 4.78 is 5.95. The molecule has 4 nitrogen and oxygen atoms in total. The zero-order chi connectivity index (χ0) is 21.6. The van der Waals surface area contributed by atoms with E-state index >= 15 is 0 Å². The average molecular weight is 416 g/mol. The lowest BCUT2D eigenvalue weighted by Crippen LogP contribution is -2.47. The lowest BCUT2D eigenvalue weighted by Gasteiger charge is -2.40. The number of carboxylic acids is 1. The zero-order valence-electron chi connectivity index (χ0n) is 17.9. The molecule has 3 aromatic carbocycles. The van der Waals surface area contributed by atoms with E-state index in [2.05, 4.69) is 36.1 Å². The minimum absolute atomic E-state index is 0.0919. The SMILES string of the molecule is Cc1ccccc1C(c1ccc(OCc2ccccc2)cc1)N1CCCCC1C(=O)O. The Morgan fingerprint density at radius 3 is 2.42 bits per heavy atom. The third kappa shape index (κ3) is 4.97. The molecule has 0 saturated carbocycles. The van der Waals surface area contributed by atoms with Gasteiger partial charge in [0.2, 0.25) is 0 Å². The number of rotatable bonds is 7. The molecule has 1 aliphatic heterocycles. The molecule has 0 spiro atoms. The molecule has 4 heteroatoms. The van der Waals surface area contributed by atoms with E-state index in [9.17, 15) is 9.90 Å². The van der Waals surface area contributed by atoms with Crippen LogP contribution in [0, 0.1) is 6.92 Å². The summed E-state index contributed by atoms with van der Waals surface area (Å²) in [5.41, 5.74) is 4.55. The summed E-state index contributed by atoms with van der Waals surface area (Å²) in [4.78, 5) is 14.2. The maximum atomic E-state index is 12.0. The number of hydrogen-bond donors (Lipinski definition) is 1. The van der Waals surface area contributed by atoms with E-state index in [-0.39, 0.29) is 6.04 Å². The van der Waals surface area contributed by atoms with E-state index in [1.807, 2.05) is 54.6 Å². The molecule has 0 aromatic heterocycles. The number of likely N-dealkylation sites (tertiary alicyclic amines) is 1. The molecule has 4 rings (SSSR count). The van der Waals surface area contributed by atoms with Gasteiger partial charge >= 0.3 is 5.97 Å². The van der Waals surface area contributed by atoms with Gasteiger partial charge in [0, 0.05) is 0 Å². The number of aliphatic carboxylic acids is 1. The molecule has 3 aromatic rings. The van der Waals surface area contributed by atoms with Crippen LogP contribution >= 0.6 is 0 Å². The van der Waals surface area contributed by atoms with Gasteiger partial charge in [-0.2, -0.15) is 0 Å². The van der Waals surface area contributed by atoms with Gasteiger partial charge in [-0.15, -0.1) is 0 Å². The number of benzene rings is 3. The minimum atomic E-state index is -0.735. The molecule has 0 aliphatic carbocycles.